The van der Waals surface area contributed by atoms with Crippen LogP contribution in [-0.4, -0.2) is 14.6 Å². The fourth-order valence-corrected chi connectivity index (χ4v) is 4.02. The number of thiazole rings is 1. The number of nitrogens with zero attached hydrogens (tertiary/aromatic N) is 3. The molecule has 0 bridgehead atoms. The molecule has 0 N–H and O–H groups in total. The second kappa shape index (κ2) is 7.61. The number of fused-ring (bicyclic) bond motifs is 1. The molecule has 148 valence electrons. The number of aryl methyl sites for hydroxylation is 1. The molecule has 2 aromatic carbocycles. The third-order valence-electron chi connectivity index (χ3n) is 4.63. The number of hydrogen-bond donors (Lipinski definition) is 0. The fraction of sp³-hybridized carbons (Fsp3) is 0.0870. The Morgan fingerprint density at radius 1 is 1.07 bits per heavy atom. The Bertz CT molecular complexity index is 1430. The van der Waals surface area contributed by atoms with E-state index >= 15 is 0 Å². The van der Waals surface area contributed by atoms with Gasteiger partial charge in [0.15, 0.2) is 5.82 Å². The molecule has 0 aliphatic rings. The summed E-state index contributed by atoms with van der Waals surface area (Å²) in [5.74, 6) is 2.61. The number of hydrogen-bond acceptors (Lipinski definition) is 6. The summed E-state index contributed by atoms with van der Waals surface area (Å²) < 4.78 is 13.5. The number of aromatic nitrogens is 3. The molecule has 3 aromatic heterocycles. The smallest absolute Gasteiger partial charge is 0.291 e. The van der Waals surface area contributed by atoms with Crippen molar-refractivity contribution < 1.29 is 9.15 Å². The third-order valence-corrected chi connectivity index (χ3v) is 5.59. The lowest BCUT2D eigenvalue weighted by molar-refractivity contribution is 0.294. The SMILES string of the molecule is Cc1ccccc1OCc1nc2s/c(=C\c3ccc(-c4ccccc4)o3)c(=O)n2n1. The molecular formula is C23H17N3O3S. The zero-order valence-electron chi connectivity index (χ0n) is 16.1. The third kappa shape index (κ3) is 3.51. The minimum absolute atomic E-state index is 0.205. The predicted molar refractivity (Wildman–Crippen MR) is 116 cm³/mol. The Kier molecular flexibility index (Phi) is 4.65. The van der Waals surface area contributed by atoms with E-state index in [1.54, 1.807) is 6.08 Å². The normalized spacial score (nSPS) is 12.0. The topological polar surface area (TPSA) is 69.6 Å². The van der Waals surface area contributed by atoms with Crippen LogP contribution in [0.2, 0.25) is 0 Å². The average Bonchev–Trinajstić information content (AvgIpc) is 3.46. The van der Waals surface area contributed by atoms with Gasteiger partial charge in [-0.15, -0.1) is 5.10 Å². The summed E-state index contributed by atoms with van der Waals surface area (Å²) in [6.07, 6.45) is 1.72. The molecule has 7 heteroatoms. The van der Waals surface area contributed by atoms with Crippen molar-refractivity contribution >= 4 is 22.4 Å². The highest BCUT2D eigenvalue weighted by molar-refractivity contribution is 7.15. The van der Waals surface area contributed by atoms with E-state index in [1.807, 2.05) is 73.7 Å². The van der Waals surface area contributed by atoms with Gasteiger partial charge in [0.25, 0.3) is 5.56 Å². The molecule has 0 aliphatic carbocycles. The highest BCUT2D eigenvalue weighted by Crippen LogP contribution is 2.22. The van der Waals surface area contributed by atoms with E-state index in [9.17, 15) is 4.79 Å². The van der Waals surface area contributed by atoms with Crippen molar-refractivity contribution in [3.05, 3.63) is 98.8 Å². The maximum atomic E-state index is 12.7. The summed E-state index contributed by atoms with van der Waals surface area (Å²) >= 11 is 1.28. The molecule has 0 unspecified atom stereocenters. The quantitative estimate of drug-likeness (QED) is 0.436. The summed E-state index contributed by atoms with van der Waals surface area (Å²) in [4.78, 5) is 17.7. The summed E-state index contributed by atoms with van der Waals surface area (Å²) in [6, 6.07) is 21.3. The Balaban J connectivity index is 1.40. The van der Waals surface area contributed by atoms with Crippen LogP contribution in [0, 0.1) is 6.92 Å². The van der Waals surface area contributed by atoms with E-state index < -0.39 is 0 Å². The molecule has 0 atom stereocenters. The van der Waals surface area contributed by atoms with Crippen LogP contribution in [0.1, 0.15) is 17.1 Å². The molecule has 5 aromatic rings. The molecule has 6 nitrogen and oxygen atoms in total. The van der Waals surface area contributed by atoms with E-state index in [1.165, 1.54) is 15.9 Å². The van der Waals surface area contributed by atoms with Gasteiger partial charge < -0.3 is 9.15 Å². The zero-order chi connectivity index (χ0) is 20.5. The van der Waals surface area contributed by atoms with Crippen LogP contribution >= 0.6 is 11.3 Å². The first-order valence-electron chi connectivity index (χ1n) is 9.41. The highest BCUT2D eigenvalue weighted by Gasteiger charge is 2.12. The molecular weight excluding hydrogens is 398 g/mol. The number of furan rings is 1. The lowest BCUT2D eigenvalue weighted by atomic mass is 10.2. The van der Waals surface area contributed by atoms with Gasteiger partial charge in [0.1, 0.15) is 28.4 Å². The molecule has 5 rings (SSSR count). The number of para-hydroxylation sites is 1. The van der Waals surface area contributed by atoms with Crippen LogP contribution in [0.5, 0.6) is 5.75 Å². The van der Waals surface area contributed by atoms with Crippen LogP contribution in [0.3, 0.4) is 0 Å². The summed E-state index contributed by atoms with van der Waals surface area (Å²) in [7, 11) is 0. The van der Waals surface area contributed by atoms with E-state index in [-0.39, 0.29) is 12.2 Å². The number of benzene rings is 2. The van der Waals surface area contributed by atoms with Gasteiger partial charge >= 0.3 is 0 Å². The van der Waals surface area contributed by atoms with Crippen LogP contribution in [-0.2, 0) is 6.61 Å². The van der Waals surface area contributed by atoms with Gasteiger partial charge in [-0.05, 0) is 30.7 Å². The lowest BCUT2D eigenvalue weighted by Gasteiger charge is -2.05. The van der Waals surface area contributed by atoms with Crippen LogP contribution in [0.15, 0.2) is 75.9 Å². The average molecular weight is 415 g/mol. The van der Waals surface area contributed by atoms with E-state index in [0.29, 0.717) is 21.1 Å². The first-order valence-corrected chi connectivity index (χ1v) is 10.2. The summed E-state index contributed by atoms with van der Waals surface area (Å²) in [6.45, 7) is 2.18. The van der Waals surface area contributed by atoms with Crippen LogP contribution in [0.4, 0.5) is 0 Å². The van der Waals surface area contributed by atoms with E-state index in [2.05, 4.69) is 10.1 Å². The number of ether oxygens (including phenoxy) is 1. The summed E-state index contributed by atoms with van der Waals surface area (Å²) in [5, 5.41) is 4.30. The van der Waals surface area contributed by atoms with Crippen molar-refractivity contribution in [3.63, 3.8) is 0 Å². The molecule has 0 radical (unpaired) electrons. The fourth-order valence-electron chi connectivity index (χ4n) is 3.11. The molecule has 0 fully saturated rings. The second-order valence-corrected chi connectivity index (χ2v) is 7.77. The maximum absolute atomic E-state index is 12.7. The highest BCUT2D eigenvalue weighted by atomic mass is 32.1. The van der Waals surface area contributed by atoms with Gasteiger partial charge in [0, 0.05) is 11.6 Å². The van der Waals surface area contributed by atoms with Crippen molar-refractivity contribution in [3.8, 4) is 17.1 Å². The molecule has 30 heavy (non-hydrogen) atoms. The molecule has 0 saturated carbocycles. The molecule has 0 amide bonds. The lowest BCUT2D eigenvalue weighted by Crippen LogP contribution is -2.23. The number of rotatable bonds is 5. The summed E-state index contributed by atoms with van der Waals surface area (Å²) in [5.41, 5.74) is 1.80. The van der Waals surface area contributed by atoms with E-state index in [4.69, 9.17) is 9.15 Å². The van der Waals surface area contributed by atoms with Crippen molar-refractivity contribution in [1.82, 2.24) is 14.6 Å². The monoisotopic (exact) mass is 415 g/mol. The van der Waals surface area contributed by atoms with Crippen molar-refractivity contribution in [1.29, 1.82) is 0 Å². The van der Waals surface area contributed by atoms with Crippen molar-refractivity contribution in [2.75, 3.05) is 0 Å². The van der Waals surface area contributed by atoms with Gasteiger partial charge in [-0.2, -0.15) is 9.50 Å². The van der Waals surface area contributed by atoms with Crippen LogP contribution < -0.4 is 14.8 Å². The second-order valence-electron chi connectivity index (χ2n) is 6.76. The molecule has 0 spiro atoms. The van der Waals surface area contributed by atoms with Gasteiger partial charge in [0.2, 0.25) is 4.96 Å². The maximum Gasteiger partial charge on any atom is 0.291 e. The molecule has 0 saturated heterocycles. The van der Waals surface area contributed by atoms with E-state index in [0.717, 1.165) is 22.6 Å². The largest absolute Gasteiger partial charge is 0.485 e. The Labute approximate surface area is 175 Å². The zero-order valence-corrected chi connectivity index (χ0v) is 16.9. The van der Waals surface area contributed by atoms with Gasteiger partial charge in [-0.3, -0.25) is 4.79 Å². The molecule has 3 heterocycles. The minimum atomic E-state index is -0.220. The Morgan fingerprint density at radius 3 is 2.67 bits per heavy atom. The first kappa shape index (κ1) is 18.3. The van der Waals surface area contributed by atoms with Gasteiger partial charge in [-0.25, -0.2) is 0 Å². The first-order chi connectivity index (χ1) is 14.7. The molecule has 0 aliphatic heterocycles. The van der Waals surface area contributed by atoms with Crippen molar-refractivity contribution in [2.24, 2.45) is 0 Å². The van der Waals surface area contributed by atoms with Gasteiger partial charge in [0.05, 0.1) is 0 Å². The Hall–Kier alpha value is -3.71. The Morgan fingerprint density at radius 2 is 1.87 bits per heavy atom. The van der Waals surface area contributed by atoms with Crippen molar-refractivity contribution in [2.45, 2.75) is 13.5 Å². The minimum Gasteiger partial charge on any atom is -0.485 e. The predicted octanol–water partition coefficient (Wildman–Crippen LogP) is 3.85. The standard InChI is InChI=1S/C23H17N3O3S/c1-15-7-5-6-10-18(15)28-14-21-24-23-26(25-21)22(27)20(30-23)13-17-11-12-19(29-17)16-8-3-2-4-9-16/h2-13H,14H2,1H3/b20-13-. The van der Waals surface area contributed by atoms with Gasteiger partial charge in [-0.1, -0.05) is 59.9 Å². The van der Waals surface area contributed by atoms with Crippen LogP contribution in [0.25, 0.3) is 22.4 Å².